The number of piperazine rings is 1. The van der Waals surface area contributed by atoms with Crippen molar-refractivity contribution in [1.82, 2.24) is 14.7 Å². The van der Waals surface area contributed by atoms with Gasteiger partial charge in [0, 0.05) is 45.8 Å². The number of amides is 3. The molecule has 0 aliphatic carbocycles. The Morgan fingerprint density at radius 2 is 1.80 bits per heavy atom. The standard InChI is InChI=1S/C18H31N3O4/c1-5-25-12-15(22)20-8-6-14(7-9-20)17(23)21-11-10-19(4)18(24)16(21)13(2)3/h13-14,16H,5-12H2,1-4H3. The van der Waals surface area contributed by atoms with Crippen LogP contribution in [-0.2, 0) is 19.1 Å². The molecule has 2 aliphatic rings. The lowest BCUT2D eigenvalue weighted by atomic mass is 9.91. The van der Waals surface area contributed by atoms with E-state index in [1.165, 1.54) is 0 Å². The number of hydrogen-bond acceptors (Lipinski definition) is 4. The zero-order valence-electron chi connectivity index (χ0n) is 15.9. The highest BCUT2D eigenvalue weighted by Crippen LogP contribution is 2.25. The van der Waals surface area contributed by atoms with E-state index in [-0.39, 0.29) is 42.2 Å². The molecule has 0 aromatic carbocycles. The highest BCUT2D eigenvalue weighted by molar-refractivity contribution is 5.90. The van der Waals surface area contributed by atoms with Crippen molar-refractivity contribution in [2.24, 2.45) is 11.8 Å². The molecule has 2 aliphatic heterocycles. The number of rotatable bonds is 5. The van der Waals surface area contributed by atoms with E-state index in [1.807, 2.05) is 20.8 Å². The Kier molecular flexibility index (Phi) is 6.81. The molecule has 2 heterocycles. The molecule has 2 saturated heterocycles. The summed E-state index contributed by atoms with van der Waals surface area (Å²) in [5.41, 5.74) is 0. The molecule has 0 bridgehead atoms. The number of piperidine rings is 1. The van der Waals surface area contributed by atoms with Gasteiger partial charge in [-0.1, -0.05) is 13.8 Å². The molecule has 0 spiro atoms. The molecule has 2 fully saturated rings. The lowest BCUT2D eigenvalue weighted by molar-refractivity contribution is -0.156. The van der Waals surface area contributed by atoms with E-state index in [1.54, 1.807) is 21.7 Å². The zero-order valence-corrected chi connectivity index (χ0v) is 15.9. The first-order valence-electron chi connectivity index (χ1n) is 9.27. The van der Waals surface area contributed by atoms with Crippen molar-refractivity contribution in [3.63, 3.8) is 0 Å². The quantitative estimate of drug-likeness (QED) is 0.725. The maximum Gasteiger partial charge on any atom is 0.248 e. The minimum atomic E-state index is -0.371. The van der Waals surface area contributed by atoms with E-state index in [2.05, 4.69) is 0 Å². The summed E-state index contributed by atoms with van der Waals surface area (Å²) in [5.74, 6) is 0.0687. The number of likely N-dealkylation sites (tertiary alicyclic amines) is 1. The molecule has 1 unspecified atom stereocenters. The summed E-state index contributed by atoms with van der Waals surface area (Å²) >= 11 is 0. The monoisotopic (exact) mass is 353 g/mol. The average molecular weight is 353 g/mol. The van der Waals surface area contributed by atoms with Gasteiger partial charge in [-0.25, -0.2) is 0 Å². The van der Waals surface area contributed by atoms with Crippen molar-refractivity contribution in [3.05, 3.63) is 0 Å². The van der Waals surface area contributed by atoms with E-state index in [4.69, 9.17) is 4.74 Å². The molecule has 1 atom stereocenters. The Bertz CT molecular complexity index is 501. The Hall–Kier alpha value is -1.63. The third-order valence-corrected chi connectivity index (χ3v) is 5.18. The fourth-order valence-corrected chi connectivity index (χ4v) is 3.65. The Labute approximate surface area is 150 Å². The van der Waals surface area contributed by atoms with Gasteiger partial charge >= 0.3 is 0 Å². The smallest absolute Gasteiger partial charge is 0.248 e. The van der Waals surface area contributed by atoms with E-state index in [0.29, 0.717) is 45.6 Å². The van der Waals surface area contributed by atoms with Crippen LogP contribution in [0.15, 0.2) is 0 Å². The highest BCUT2D eigenvalue weighted by Gasteiger charge is 2.40. The van der Waals surface area contributed by atoms with E-state index in [9.17, 15) is 14.4 Å². The van der Waals surface area contributed by atoms with Crippen molar-refractivity contribution in [2.45, 2.75) is 39.7 Å². The molecule has 2 rings (SSSR count). The van der Waals surface area contributed by atoms with Crippen LogP contribution in [-0.4, -0.2) is 84.9 Å². The van der Waals surface area contributed by atoms with E-state index in [0.717, 1.165) is 0 Å². The zero-order chi connectivity index (χ0) is 18.6. The number of carbonyl (C=O) groups is 3. The second kappa shape index (κ2) is 8.65. The van der Waals surface area contributed by atoms with Crippen LogP contribution in [0.25, 0.3) is 0 Å². The second-order valence-electron chi connectivity index (χ2n) is 7.27. The largest absolute Gasteiger partial charge is 0.372 e. The third-order valence-electron chi connectivity index (χ3n) is 5.18. The van der Waals surface area contributed by atoms with Crippen molar-refractivity contribution >= 4 is 17.7 Å². The molecule has 25 heavy (non-hydrogen) atoms. The molecule has 142 valence electrons. The Morgan fingerprint density at radius 1 is 1.16 bits per heavy atom. The molecule has 3 amide bonds. The van der Waals surface area contributed by atoms with Crippen LogP contribution >= 0.6 is 0 Å². The highest BCUT2D eigenvalue weighted by atomic mass is 16.5. The van der Waals surface area contributed by atoms with Gasteiger partial charge in [0.25, 0.3) is 0 Å². The van der Waals surface area contributed by atoms with E-state index >= 15 is 0 Å². The van der Waals surface area contributed by atoms with Gasteiger partial charge in [-0.3, -0.25) is 14.4 Å². The molecular formula is C18H31N3O4. The molecule has 7 nitrogen and oxygen atoms in total. The number of carbonyl (C=O) groups excluding carboxylic acids is 3. The van der Waals surface area contributed by atoms with Crippen LogP contribution in [0.3, 0.4) is 0 Å². The van der Waals surface area contributed by atoms with E-state index < -0.39 is 0 Å². The first kappa shape index (κ1) is 19.7. The predicted molar refractivity (Wildman–Crippen MR) is 93.8 cm³/mol. The minimum absolute atomic E-state index is 0.0115. The van der Waals surface area contributed by atoms with Crippen LogP contribution in [0.1, 0.15) is 33.6 Å². The SMILES string of the molecule is CCOCC(=O)N1CCC(C(=O)N2CCN(C)C(=O)C2C(C)C)CC1. The van der Waals surface area contributed by atoms with Crippen LogP contribution in [0, 0.1) is 11.8 Å². The van der Waals surface area contributed by atoms with Gasteiger partial charge in [0.05, 0.1) is 0 Å². The summed E-state index contributed by atoms with van der Waals surface area (Å²) in [6.45, 7) is 8.79. The molecule has 0 N–H and O–H groups in total. The first-order valence-corrected chi connectivity index (χ1v) is 9.27. The van der Waals surface area contributed by atoms with Crippen LogP contribution in [0.4, 0.5) is 0 Å². The maximum absolute atomic E-state index is 13.0. The van der Waals surface area contributed by atoms with Crippen LogP contribution < -0.4 is 0 Å². The van der Waals surface area contributed by atoms with Gasteiger partial charge in [-0.05, 0) is 25.7 Å². The van der Waals surface area contributed by atoms with Crippen molar-refractivity contribution < 1.29 is 19.1 Å². The Morgan fingerprint density at radius 3 is 2.36 bits per heavy atom. The van der Waals surface area contributed by atoms with Gasteiger partial charge in [0.15, 0.2) is 0 Å². The lowest BCUT2D eigenvalue weighted by Crippen LogP contribution is -2.61. The van der Waals surface area contributed by atoms with Crippen LogP contribution in [0.2, 0.25) is 0 Å². The lowest BCUT2D eigenvalue weighted by Gasteiger charge is -2.43. The third kappa shape index (κ3) is 4.51. The molecule has 0 saturated carbocycles. The Balaban J connectivity index is 1.95. The number of likely N-dealkylation sites (N-methyl/N-ethyl adjacent to an activating group) is 1. The van der Waals surface area contributed by atoms with Gasteiger partial charge < -0.3 is 19.4 Å². The molecule has 7 heteroatoms. The topological polar surface area (TPSA) is 70.2 Å². The van der Waals surface area contributed by atoms with Crippen molar-refractivity contribution in [2.75, 3.05) is 46.4 Å². The summed E-state index contributed by atoms with van der Waals surface area (Å²) in [7, 11) is 1.79. The maximum atomic E-state index is 13.0. The van der Waals surface area contributed by atoms with Gasteiger partial charge in [-0.2, -0.15) is 0 Å². The summed E-state index contributed by atoms with van der Waals surface area (Å²) in [6.07, 6.45) is 1.31. The summed E-state index contributed by atoms with van der Waals surface area (Å²) in [4.78, 5) is 42.7. The average Bonchev–Trinajstić information content (AvgIpc) is 2.61. The van der Waals surface area contributed by atoms with Crippen LogP contribution in [0.5, 0.6) is 0 Å². The fourth-order valence-electron chi connectivity index (χ4n) is 3.65. The number of ether oxygens (including phenoxy) is 1. The summed E-state index contributed by atoms with van der Waals surface area (Å²) < 4.78 is 5.17. The molecular weight excluding hydrogens is 322 g/mol. The molecule has 0 aromatic heterocycles. The van der Waals surface area contributed by atoms with Crippen molar-refractivity contribution in [1.29, 1.82) is 0 Å². The number of hydrogen-bond donors (Lipinski definition) is 0. The fraction of sp³-hybridized carbons (Fsp3) is 0.833. The van der Waals surface area contributed by atoms with Gasteiger partial charge in [0.2, 0.25) is 17.7 Å². The first-order chi connectivity index (χ1) is 11.9. The normalized spacial score (nSPS) is 22.7. The molecule has 0 radical (unpaired) electrons. The summed E-state index contributed by atoms with van der Waals surface area (Å²) in [6, 6.07) is -0.371. The predicted octanol–water partition coefficient (Wildman–Crippen LogP) is 0.587. The summed E-state index contributed by atoms with van der Waals surface area (Å²) in [5, 5.41) is 0. The van der Waals surface area contributed by atoms with Gasteiger partial charge in [0.1, 0.15) is 12.6 Å². The van der Waals surface area contributed by atoms with Crippen molar-refractivity contribution in [3.8, 4) is 0 Å². The second-order valence-corrected chi connectivity index (χ2v) is 7.27. The molecule has 0 aromatic rings. The number of nitrogens with zero attached hydrogens (tertiary/aromatic N) is 3. The van der Waals surface area contributed by atoms with Gasteiger partial charge in [-0.15, -0.1) is 0 Å². The minimum Gasteiger partial charge on any atom is -0.372 e.